The van der Waals surface area contributed by atoms with Gasteiger partial charge in [0.15, 0.2) is 11.6 Å². The molecule has 1 heterocycles. The number of hydrogen-bond donors (Lipinski definition) is 2. The van der Waals surface area contributed by atoms with Crippen molar-refractivity contribution in [2.24, 2.45) is 0 Å². The van der Waals surface area contributed by atoms with E-state index in [-0.39, 0.29) is 29.2 Å². The Kier molecular flexibility index (Phi) is 5.44. The van der Waals surface area contributed by atoms with E-state index >= 15 is 0 Å². The highest BCUT2D eigenvalue weighted by Crippen LogP contribution is 2.33. The molecule has 2 N–H and O–H groups in total. The molecule has 0 saturated carbocycles. The van der Waals surface area contributed by atoms with Crippen LogP contribution in [0.5, 0.6) is 5.75 Å². The molecule has 0 bridgehead atoms. The highest BCUT2D eigenvalue weighted by atomic mass is 32.2. The maximum absolute atomic E-state index is 13.7. The van der Waals surface area contributed by atoms with Crippen molar-refractivity contribution in [3.63, 3.8) is 0 Å². The first kappa shape index (κ1) is 15.6. The summed E-state index contributed by atoms with van der Waals surface area (Å²) in [5, 5.41) is 11.4. The SMILES string of the molecule is O=C(O)CSCC(=O)NC1CCCOc2c(F)cccc21. The number of carboxylic acid groups (broad SMARTS) is 1. The van der Waals surface area contributed by atoms with Gasteiger partial charge < -0.3 is 15.2 Å². The van der Waals surface area contributed by atoms with Crippen molar-refractivity contribution in [1.29, 1.82) is 0 Å². The van der Waals surface area contributed by atoms with E-state index in [1.807, 2.05) is 0 Å². The number of carbonyl (C=O) groups is 2. The first-order chi connectivity index (χ1) is 10.1. The van der Waals surface area contributed by atoms with Crippen molar-refractivity contribution in [2.45, 2.75) is 18.9 Å². The van der Waals surface area contributed by atoms with Crippen LogP contribution in [-0.2, 0) is 9.59 Å². The first-order valence-electron chi connectivity index (χ1n) is 6.58. The number of rotatable bonds is 5. The molecule has 1 amide bonds. The number of fused-ring (bicyclic) bond motifs is 1. The Labute approximate surface area is 125 Å². The second kappa shape index (κ2) is 7.31. The summed E-state index contributed by atoms with van der Waals surface area (Å²) in [6, 6.07) is 4.34. The molecule has 1 aliphatic rings. The van der Waals surface area contributed by atoms with Crippen LogP contribution in [0.15, 0.2) is 18.2 Å². The van der Waals surface area contributed by atoms with Gasteiger partial charge in [0, 0.05) is 5.56 Å². The number of halogens is 1. The fourth-order valence-corrected chi connectivity index (χ4v) is 2.73. The third-order valence-corrected chi connectivity index (χ3v) is 3.97. The van der Waals surface area contributed by atoms with E-state index in [9.17, 15) is 14.0 Å². The lowest BCUT2D eigenvalue weighted by Gasteiger charge is -2.18. The number of amides is 1. The molecule has 0 aromatic heterocycles. The summed E-state index contributed by atoms with van der Waals surface area (Å²) in [6.07, 6.45) is 1.37. The summed E-state index contributed by atoms with van der Waals surface area (Å²) >= 11 is 1.03. The van der Waals surface area contributed by atoms with Crippen LogP contribution in [0.25, 0.3) is 0 Å². The summed E-state index contributed by atoms with van der Waals surface area (Å²) in [7, 11) is 0. The molecule has 114 valence electrons. The maximum Gasteiger partial charge on any atom is 0.313 e. The molecule has 0 saturated heterocycles. The second-order valence-electron chi connectivity index (χ2n) is 4.66. The average Bonchev–Trinajstić information content (AvgIpc) is 2.62. The molecule has 21 heavy (non-hydrogen) atoms. The van der Waals surface area contributed by atoms with Gasteiger partial charge in [-0.3, -0.25) is 9.59 Å². The van der Waals surface area contributed by atoms with Gasteiger partial charge in [-0.1, -0.05) is 12.1 Å². The van der Waals surface area contributed by atoms with Crippen molar-refractivity contribution in [3.8, 4) is 5.75 Å². The molecule has 1 atom stereocenters. The van der Waals surface area contributed by atoms with Crippen LogP contribution in [-0.4, -0.2) is 35.1 Å². The lowest BCUT2D eigenvalue weighted by Crippen LogP contribution is -2.30. The highest BCUT2D eigenvalue weighted by molar-refractivity contribution is 8.00. The van der Waals surface area contributed by atoms with E-state index in [4.69, 9.17) is 9.84 Å². The molecule has 1 aromatic carbocycles. The number of ether oxygens (including phenoxy) is 1. The minimum atomic E-state index is -0.955. The smallest absolute Gasteiger partial charge is 0.313 e. The number of nitrogens with one attached hydrogen (secondary N) is 1. The van der Waals surface area contributed by atoms with E-state index in [2.05, 4.69) is 5.32 Å². The highest BCUT2D eigenvalue weighted by Gasteiger charge is 2.23. The zero-order valence-electron chi connectivity index (χ0n) is 11.3. The van der Waals surface area contributed by atoms with Crippen molar-refractivity contribution in [1.82, 2.24) is 5.32 Å². The molecule has 0 radical (unpaired) electrons. The van der Waals surface area contributed by atoms with Crippen molar-refractivity contribution >= 4 is 23.6 Å². The largest absolute Gasteiger partial charge is 0.490 e. The molecule has 0 fully saturated rings. The van der Waals surface area contributed by atoms with Crippen LogP contribution in [0.1, 0.15) is 24.4 Å². The lowest BCUT2D eigenvalue weighted by atomic mass is 10.0. The molecule has 2 rings (SSSR count). The van der Waals surface area contributed by atoms with Crippen LogP contribution in [0.3, 0.4) is 0 Å². The Balaban J connectivity index is 2.02. The zero-order chi connectivity index (χ0) is 15.2. The summed E-state index contributed by atoms with van der Waals surface area (Å²) in [5.74, 6) is -1.51. The van der Waals surface area contributed by atoms with Crippen molar-refractivity contribution in [3.05, 3.63) is 29.6 Å². The Morgan fingerprint density at radius 3 is 3.00 bits per heavy atom. The van der Waals surface area contributed by atoms with E-state index < -0.39 is 11.8 Å². The topological polar surface area (TPSA) is 75.6 Å². The molecule has 0 spiro atoms. The van der Waals surface area contributed by atoms with Crippen molar-refractivity contribution in [2.75, 3.05) is 18.1 Å². The number of thioether (sulfide) groups is 1. The van der Waals surface area contributed by atoms with Gasteiger partial charge in [-0.15, -0.1) is 11.8 Å². The van der Waals surface area contributed by atoms with Crippen molar-refractivity contribution < 1.29 is 23.8 Å². The number of carbonyl (C=O) groups excluding carboxylic acids is 1. The quantitative estimate of drug-likeness (QED) is 0.869. The van der Waals surface area contributed by atoms with Crippen LogP contribution < -0.4 is 10.1 Å². The molecule has 0 aliphatic carbocycles. The third kappa shape index (κ3) is 4.35. The van der Waals surface area contributed by atoms with E-state index in [0.717, 1.165) is 11.8 Å². The average molecular weight is 313 g/mol. The second-order valence-corrected chi connectivity index (χ2v) is 5.64. The standard InChI is InChI=1S/C14H16FNO4S/c15-10-4-1-3-9-11(5-2-6-20-14(9)10)16-12(17)7-21-8-13(18)19/h1,3-4,11H,2,5-8H2,(H,16,17)(H,18,19). The van der Waals surface area contributed by atoms with Gasteiger partial charge in [-0.05, 0) is 18.9 Å². The third-order valence-electron chi connectivity index (χ3n) is 3.05. The summed E-state index contributed by atoms with van der Waals surface area (Å²) < 4.78 is 19.1. The lowest BCUT2D eigenvalue weighted by molar-refractivity contribution is -0.133. The molecule has 7 heteroatoms. The van der Waals surface area contributed by atoms with Gasteiger partial charge in [0.1, 0.15) is 0 Å². The number of aliphatic carboxylic acids is 1. The first-order valence-corrected chi connectivity index (χ1v) is 7.73. The van der Waals surface area contributed by atoms with Gasteiger partial charge in [0.2, 0.25) is 5.91 Å². The fourth-order valence-electron chi connectivity index (χ4n) is 2.19. The van der Waals surface area contributed by atoms with Crippen LogP contribution in [0.2, 0.25) is 0 Å². The minimum absolute atomic E-state index is 0.0638. The van der Waals surface area contributed by atoms with E-state index in [0.29, 0.717) is 25.0 Å². The number of hydrogen-bond acceptors (Lipinski definition) is 4. The molecule has 1 aliphatic heterocycles. The minimum Gasteiger partial charge on any atom is -0.490 e. The van der Waals surface area contributed by atoms with Gasteiger partial charge in [0.05, 0.1) is 24.2 Å². The van der Waals surface area contributed by atoms with Gasteiger partial charge in [0.25, 0.3) is 0 Å². The maximum atomic E-state index is 13.7. The molecule has 5 nitrogen and oxygen atoms in total. The fraction of sp³-hybridized carbons (Fsp3) is 0.429. The zero-order valence-corrected chi connectivity index (χ0v) is 12.1. The molecular formula is C14H16FNO4S. The Morgan fingerprint density at radius 2 is 2.24 bits per heavy atom. The normalized spacial score (nSPS) is 17.3. The van der Waals surface area contributed by atoms with Gasteiger partial charge in [-0.2, -0.15) is 0 Å². The van der Waals surface area contributed by atoms with Crippen LogP contribution >= 0.6 is 11.8 Å². The summed E-state index contributed by atoms with van der Waals surface area (Å²) in [6.45, 7) is 0.411. The Hall–Kier alpha value is -1.76. The van der Waals surface area contributed by atoms with Gasteiger partial charge >= 0.3 is 5.97 Å². The predicted molar refractivity (Wildman–Crippen MR) is 77.0 cm³/mol. The Morgan fingerprint density at radius 1 is 1.43 bits per heavy atom. The van der Waals surface area contributed by atoms with E-state index in [1.165, 1.54) is 6.07 Å². The predicted octanol–water partition coefficient (Wildman–Crippen LogP) is 1.97. The van der Waals surface area contributed by atoms with Gasteiger partial charge in [-0.25, -0.2) is 4.39 Å². The molecule has 1 unspecified atom stereocenters. The molecule has 1 aromatic rings. The number of para-hydroxylation sites is 1. The number of benzene rings is 1. The van der Waals surface area contributed by atoms with Crippen LogP contribution in [0, 0.1) is 5.82 Å². The van der Waals surface area contributed by atoms with Crippen LogP contribution in [0.4, 0.5) is 4.39 Å². The van der Waals surface area contributed by atoms with E-state index in [1.54, 1.807) is 12.1 Å². The Bertz CT molecular complexity index is 538. The monoisotopic (exact) mass is 313 g/mol. The summed E-state index contributed by atoms with van der Waals surface area (Å²) in [5.41, 5.74) is 0.629. The summed E-state index contributed by atoms with van der Waals surface area (Å²) in [4.78, 5) is 22.2. The number of carboxylic acids is 1. The molecular weight excluding hydrogens is 297 g/mol.